The first-order chi connectivity index (χ1) is 7.90. The molecule has 0 radical (unpaired) electrons. The second-order valence-electron chi connectivity index (χ2n) is 5.67. The number of nitrogens with one attached hydrogen (secondary N) is 1. The van der Waals surface area contributed by atoms with E-state index in [1.165, 1.54) is 63.9 Å². The van der Waals surface area contributed by atoms with Gasteiger partial charge in [0.05, 0.1) is 0 Å². The fraction of sp³-hybridized carbons (Fsp3) is 1.00. The Balaban J connectivity index is 1.43. The lowest BCUT2D eigenvalue weighted by Crippen LogP contribution is -2.47. The third-order valence-electron chi connectivity index (χ3n) is 4.04. The quantitative estimate of drug-likeness (QED) is 0.810. The highest BCUT2D eigenvalue weighted by molar-refractivity contribution is 8.00. The fourth-order valence-electron chi connectivity index (χ4n) is 3.02. The number of likely N-dealkylation sites (tertiary alicyclic amines) is 1. The number of hydrogen-bond donors (Lipinski definition) is 1. The van der Waals surface area contributed by atoms with Crippen molar-refractivity contribution in [3.05, 3.63) is 0 Å². The number of thioether (sulfide) groups is 1. The van der Waals surface area contributed by atoms with Crippen LogP contribution in [0.1, 0.15) is 38.5 Å². The van der Waals surface area contributed by atoms with Gasteiger partial charge in [-0.25, -0.2) is 0 Å². The third kappa shape index (κ3) is 3.14. The van der Waals surface area contributed by atoms with Crippen LogP contribution in [0.25, 0.3) is 0 Å². The van der Waals surface area contributed by atoms with Gasteiger partial charge in [-0.3, -0.25) is 0 Å². The Morgan fingerprint density at radius 1 is 1.06 bits per heavy atom. The summed E-state index contributed by atoms with van der Waals surface area (Å²) in [6.07, 6.45) is 8.57. The number of nitrogens with zero attached hydrogens (tertiary/aromatic N) is 1. The Bertz CT molecular complexity index is 224. The molecule has 1 saturated carbocycles. The summed E-state index contributed by atoms with van der Waals surface area (Å²) in [5, 5.41) is 4.74. The number of hydrogen-bond acceptors (Lipinski definition) is 3. The van der Waals surface area contributed by atoms with Gasteiger partial charge in [0.1, 0.15) is 0 Å². The van der Waals surface area contributed by atoms with Gasteiger partial charge in [0, 0.05) is 30.4 Å². The molecule has 1 aliphatic carbocycles. The van der Waals surface area contributed by atoms with E-state index >= 15 is 0 Å². The van der Waals surface area contributed by atoms with Gasteiger partial charge < -0.3 is 10.2 Å². The van der Waals surface area contributed by atoms with Gasteiger partial charge in [-0.15, -0.1) is 0 Å². The molecule has 2 unspecified atom stereocenters. The SMILES string of the molecule is C1CSC(CN2CCCC(NC3CC3)C2)C1. The van der Waals surface area contributed by atoms with Gasteiger partial charge in [0.15, 0.2) is 0 Å². The van der Waals surface area contributed by atoms with E-state index in [9.17, 15) is 0 Å². The molecule has 3 rings (SSSR count). The maximum atomic E-state index is 3.80. The largest absolute Gasteiger partial charge is 0.310 e. The molecule has 0 bridgehead atoms. The molecule has 3 fully saturated rings. The van der Waals surface area contributed by atoms with Crippen molar-refractivity contribution in [1.29, 1.82) is 0 Å². The molecule has 0 aromatic rings. The van der Waals surface area contributed by atoms with E-state index in [1.54, 1.807) is 0 Å². The highest BCUT2D eigenvalue weighted by Crippen LogP contribution is 2.28. The fourth-order valence-corrected chi connectivity index (χ4v) is 4.33. The minimum Gasteiger partial charge on any atom is -0.310 e. The first kappa shape index (κ1) is 11.4. The van der Waals surface area contributed by atoms with E-state index in [0.717, 1.165) is 17.3 Å². The first-order valence-corrected chi connectivity index (χ1v) is 8.05. The van der Waals surface area contributed by atoms with Crippen molar-refractivity contribution in [2.75, 3.05) is 25.4 Å². The highest BCUT2D eigenvalue weighted by atomic mass is 32.2. The molecule has 2 heterocycles. The Labute approximate surface area is 104 Å². The van der Waals surface area contributed by atoms with Crippen LogP contribution in [0.15, 0.2) is 0 Å². The average Bonchev–Trinajstić information content (AvgIpc) is 2.94. The summed E-state index contributed by atoms with van der Waals surface area (Å²) in [5.41, 5.74) is 0. The molecular formula is C13H24N2S. The molecule has 16 heavy (non-hydrogen) atoms. The molecule has 2 atom stereocenters. The highest BCUT2D eigenvalue weighted by Gasteiger charge is 2.28. The van der Waals surface area contributed by atoms with E-state index in [-0.39, 0.29) is 0 Å². The van der Waals surface area contributed by atoms with Crippen LogP contribution >= 0.6 is 11.8 Å². The molecule has 0 amide bonds. The van der Waals surface area contributed by atoms with Crippen LogP contribution in [-0.2, 0) is 0 Å². The van der Waals surface area contributed by atoms with Crippen molar-refractivity contribution in [3.63, 3.8) is 0 Å². The van der Waals surface area contributed by atoms with Gasteiger partial charge in [-0.05, 0) is 50.8 Å². The Hall–Kier alpha value is 0.270. The smallest absolute Gasteiger partial charge is 0.0198 e. The second kappa shape index (κ2) is 5.28. The summed E-state index contributed by atoms with van der Waals surface area (Å²) in [6.45, 7) is 4.01. The summed E-state index contributed by atoms with van der Waals surface area (Å²) in [5.74, 6) is 1.41. The second-order valence-corrected chi connectivity index (χ2v) is 7.08. The molecule has 3 heteroatoms. The molecule has 1 N–H and O–H groups in total. The lowest BCUT2D eigenvalue weighted by Gasteiger charge is -2.34. The van der Waals surface area contributed by atoms with Crippen LogP contribution in [-0.4, -0.2) is 47.6 Å². The van der Waals surface area contributed by atoms with Gasteiger partial charge in [0.25, 0.3) is 0 Å². The van der Waals surface area contributed by atoms with Gasteiger partial charge in [-0.1, -0.05) is 0 Å². The van der Waals surface area contributed by atoms with E-state index in [2.05, 4.69) is 22.0 Å². The predicted octanol–water partition coefficient (Wildman–Crippen LogP) is 2.10. The minimum atomic E-state index is 0.799. The minimum absolute atomic E-state index is 0.799. The molecule has 0 aromatic carbocycles. The van der Waals surface area contributed by atoms with Crippen LogP contribution in [0.4, 0.5) is 0 Å². The van der Waals surface area contributed by atoms with Crippen LogP contribution in [0.3, 0.4) is 0 Å². The molecule has 2 saturated heterocycles. The van der Waals surface area contributed by atoms with Crippen LogP contribution in [0, 0.1) is 0 Å². The third-order valence-corrected chi connectivity index (χ3v) is 5.42. The normalized spacial score (nSPS) is 36.8. The summed E-state index contributed by atoms with van der Waals surface area (Å²) in [4.78, 5) is 2.71. The summed E-state index contributed by atoms with van der Waals surface area (Å²) >= 11 is 2.20. The predicted molar refractivity (Wildman–Crippen MR) is 71.1 cm³/mol. The summed E-state index contributed by atoms with van der Waals surface area (Å²) < 4.78 is 0. The van der Waals surface area contributed by atoms with E-state index in [4.69, 9.17) is 0 Å². The molecule has 2 nitrogen and oxygen atoms in total. The van der Waals surface area contributed by atoms with E-state index in [1.807, 2.05) is 0 Å². The standard InChI is InChI=1S/C13H24N2S/c1-3-12(14-11-5-6-11)9-15(7-1)10-13-4-2-8-16-13/h11-14H,1-10H2. The van der Waals surface area contributed by atoms with Crippen LogP contribution in [0.2, 0.25) is 0 Å². The van der Waals surface area contributed by atoms with Gasteiger partial charge in [-0.2, -0.15) is 11.8 Å². The zero-order valence-corrected chi connectivity index (χ0v) is 11.0. The van der Waals surface area contributed by atoms with Crippen molar-refractivity contribution in [2.24, 2.45) is 0 Å². The van der Waals surface area contributed by atoms with Crippen LogP contribution < -0.4 is 5.32 Å². The molecule has 0 spiro atoms. The molecule has 0 aromatic heterocycles. The van der Waals surface area contributed by atoms with Crippen LogP contribution in [0.5, 0.6) is 0 Å². The Kier molecular flexibility index (Phi) is 3.75. The zero-order chi connectivity index (χ0) is 10.8. The molecule has 92 valence electrons. The number of piperidine rings is 1. The molecule has 2 aliphatic heterocycles. The van der Waals surface area contributed by atoms with Gasteiger partial charge in [0.2, 0.25) is 0 Å². The summed E-state index contributed by atoms with van der Waals surface area (Å²) in [7, 11) is 0. The maximum absolute atomic E-state index is 3.80. The van der Waals surface area contributed by atoms with Crippen molar-refractivity contribution in [2.45, 2.75) is 55.9 Å². The summed E-state index contributed by atoms with van der Waals surface area (Å²) in [6, 6.07) is 1.68. The average molecular weight is 240 g/mol. The lowest BCUT2D eigenvalue weighted by molar-refractivity contribution is 0.190. The molecule has 3 aliphatic rings. The molecular weight excluding hydrogens is 216 g/mol. The number of rotatable bonds is 4. The monoisotopic (exact) mass is 240 g/mol. The van der Waals surface area contributed by atoms with Crippen molar-refractivity contribution >= 4 is 11.8 Å². The topological polar surface area (TPSA) is 15.3 Å². The first-order valence-electron chi connectivity index (χ1n) is 7.00. The van der Waals surface area contributed by atoms with Gasteiger partial charge >= 0.3 is 0 Å². The lowest BCUT2D eigenvalue weighted by atomic mass is 10.1. The maximum Gasteiger partial charge on any atom is 0.0198 e. The Morgan fingerprint density at radius 3 is 2.75 bits per heavy atom. The van der Waals surface area contributed by atoms with Crippen molar-refractivity contribution < 1.29 is 0 Å². The van der Waals surface area contributed by atoms with Crippen molar-refractivity contribution in [3.8, 4) is 0 Å². The van der Waals surface area contributed by atoms with Crippen molar-refractivity contribution in [1.82, 2.24) is 10.2 Å². The van der Waals surface area contributed by atoms with E-state index in [0.29, 0.717) is 0 Å². The zero-order valence-electron chi connectivity index (χ0n) is 10.2. The Morgan fingerprint density at radius 2 is 2.00 bits per heavy atom. The van der Waals surface area contributed by atoms with E-state index < -0.39 is 0 Å².